The first-order chi connectivity index (χ1) is 12.9. The summed E-state index contributed by atoms with van der Waals surface area (Å²) in [6.45, 7) is 0. The molecule has 27 heavy (non-hydrogen) atoms. The molecule has 1 amide bonds. The topological polar surface area (TPSA) is 79.4 Å². The lowest BCUT2D eigenvalue weighted by molar-refractivity contribution is 0.102. The van der Waals surface area contributed by atoms with E-state index in [1.54, 1.807) is 42.5 Å². The van der Waals surface area contributed by atoms with Gasteiger partial charge in [-0.25, -0.2) is 8.42 Å². The Bertz CT molecular complexity index is 1060. The van der Waals surface area contributed by atoms with Crippen LogP contribution in [0.15, 0.2) is 77.8 Å². The summed E-state index contributed by atoms with van der Waals surface area (Å²) in [6, 6.07) is 17.6. The fraction of sp³-hybridized carbons (Fsp3) is 0.0526. The average molecular weight is 402 g/mol. The molecule has 0 spiro atoms. The van der Waals surface area contributed by atoms with Gasteiger partial charge in [-0.2, -0.15) is 0 Å². The van der Waals surface area contributed by atoms with Crippen LogP contribution in [0, 0.1) is 0 Å². The smallest absolute Gasteiger partial charge is 0.274 e. The van der Waals surface area contributed by atoms with E-state index in [1.165, 1.54) is 37.5 Å². The van der Waals surface area contributed by atoms with Crippen molar-refractivity contribution >= 4 is 38.9 Å². The number of carbonyl (C=O) groups excluding carboxylic acids is 1. The second kappa shape index (κ2) is 7.77. The van der Waals surface area contributed by atoms with E-state index in [-0.39, 0.29) is 16.5 Å². The Balaban J connectivity index is 1.80. The van der Waals surface area contributed by atoms with Crippen LogP contribution >= 0.6 is 11.6 Å². The highest BCUT2D eigenvalue weighted by atomic mass is 35.5. The van der Waals surface area contributed by atoms with Gasteiger partial charge in [-0.3, -0.25) is 14.1 Å². The monoisotopic (exact) mass is 401 g/mol. The van der Waals surface area contributed by atoms with Crippen LogP contribution in [0.4, 0.5) is 11.4 Å². The first-order valence-electron chi connectivity index (χ1n) is 7.95. The minimum Gasteiger partial charge on any atom is -0.321 e. The van der Waals surface area contributed by atoms with Gasteiger partial charge in [-0.15, -0.1) is 0 Å². The number of benzene rings is 2. The molecule has 6 nitrogen and oxygen atoms in total. The van der Waals surface area contributed by atoms with E-state index in [9.17, 15) is 13.2 Å². The molecule has 0 bridgehead atoms. The van der Waals surface area contributed by atoms with Gasteiger partial charge >= 0.3 is 0 Å². The molecule has 138 valence electrons. The number of hydrogen-bond donors (Lipinski definition) is 1. The molecule has 3 aromatic rings. The molecule has 0 fully saturated rings. The highest BCUT2D eigenvalue weighted by Gasteiger charge is 2.22. The highest BCUT2D eigenvalue weighted by Crippen LogP contribution is 2.29. The SMILES string of the molecule is CN(c1ccccc1Cl)S(=O)(=O)c1ccc(NC(=O)c2ccccn2)cc1. The van der Waals surface area contributed by atoms with Gasteiger partial charge in [0.2, 0.25) is 0 Å². The summed E-state index contributed by atoms with van der Waals surface area (Å²) in [5.74, 6) is -0.376. The third-order valence-electron chi connectivity index (χ3n) is 3.86. The molecule has 2 aromatic carbocycles. The minimum atomic E-state index is -3.79. The summed E-state index contributed by atoms with van der Waals surface area (Å²) in [7, 11) is -2.35. The number of carbonyl (C=O) groups is 1. The van der Waals surface area contributed by atoms with Crippen molar-refractivity contribution in [3.63, 3.8) is 0 Å². The Hall–Kier alpha value is -2.90. The zero-order valence-electron chi connectivity index (χ0n) is 14.3. The van der Waals surface area contributed by atoms with Gasteiger partial charge in [0.05, 0.1) is 15.6 Å². The Kier molecular flexibility index (Phi) is 5.43. The Morgan fingerprint density at radius 3 is 2.30 bits per heavy atom. The minimum absolute atomic E-state index is 0.0840. The van der Waals surface area contributed by atoms with Gasteiger partial charge in [0.15, 0.2) is 0 Å². The Labute approximate surface area is 162 Å². The fourth-order valence-corrected chi connectivity index (χ4v) is 3.92. The van der Waals surface area contributed by atoms with Crippen LogP contribution in [0.1, 0.15) is 10.5 Å². The largest absolute Gasteiger partial charge is 0.321 e. The van der Waals surface area contributed by atoms with Gasteiger partial charge in [0.25, 0.3) is 15.9 Å². The number of halogens is 1. The van der Waals surface area contributed by atoms with Gasteiger partial charge in [0.1, 0.15) is 5.69 Å². The molecule has 0 saturated carbocycles. The number of pyridine rings is 1. The third-order valence-corrected chi connectivity index (χ3v) is 5.97. The first-order valence-corrected chi connectivity index (χ1v) is 9.77. The molecule has 1 aromatic heterocycles. The van der Waals surface area contributed by atoms with Crippen molar-refractivity contribution in [2.75, 3.05) is 16.7 Å². The zero-order valence-corrected chi connectivity index (χ0v) is 15.9. The van der Waals surface area contributed by atoms with Crippen molar-refractivity contribution in [2.24, 2.45) is 0 Å². The fourth-order valence-electron chi connectivity index (χ4n) is 2.40. The molecule has 0 aliphatic rings. The lowest BCUT2D eigenvalue weighted by atomic mass is 10.3. The summed E-state index contributed by atoms with van der Waals surface area (Å²) in [4.78, 5) is 16.2. The third kappa shape index (κ3) is 4.10. The molecule has 0 unspecified atom stereocenters. The lowest BCUT2D eigenvalue weighted by Crippen LogP contribution is -2.26. The van der Waals surface area contributed by atoms with Crippen LogP contribution in [0.25, 0.3) is 0 Å². The molecule has 0 atom stereocenters. The Morgan fingerprint density at radius 1 is 1.00 bits per heavy atom. The molecule has 8 heteroatoms. The number of aromatic nitrogens is 1. The van der Waals surface area contributed by atoms with Crippen LogP contribution in [-0.2, 0) is 10.0 Å². The second-order valence-electron chi connectivity index (χ2n) is 5.62. The van der Waals surface area contributed by atoms with Gasteiger partial charge in [-0.05, 0) is 48.5 Å². The number of amides is 1. The standard InChI is InChI=1S/C19H16ClN3O3S/c1-23(18-8-3-2-6-16(18)20)27(25,26)15-11-9-14(10-12-15)22-19(24)17-7-4-5-13-21-17/h2-13H,1H3,(H,22,24). The van der Waals surface area contributed by atoms with Gasteiger partial charge < -0.3 is 5.32 Å². The van der Waals surface area contributed by atoms with Crippen molar-refractivity contribution in [3.8, 4) is 0 Å². The summed E-state index contributed by atoms with van der Waals surface area (Å²) < 4.78 is 26.7. The predicted octanol–water partition coefficient (Wildman–Crippen LogP) is 3.81. The lowest BCUT2D eigenvalue weighted by Gasteiger charge is -2.20. The van der Waals surface area contributed by atoms with E-state index >= 15 is 0 Å². The normalized spacial score (nSPS) is 11.0. The van der Waals surface area contributed by atoms with E-state index < -0.39 is 10.0 Å². The van der Waals surface area contributed by atoms with E-state index in [0.717, 1.165) is 4.31 Å². The summed E-state index contributed by atoms with van der Waals surface area (Å²) in [5, 5.41) is 3.01. The number of nitrogens with one attached hydrogen (secondary N) is 1. The number of anilines is 2. The van der Waals surface area contributed by atoms with E-state index in [4.69, 9.17) is 11.6 Å². The molecule has 0 radical (unpaired) electrons. The molecule has 0 aliphatic heterocycles. The van der Waals surface area contributed by atoms with Crippen LogP contribution < -0.4 is 9.62 Å². The van der Waals surface area contributed by atoms with Crippen LogP contribution in [0.5, 0.6) is 0 Å². The second-order valence-corrected chi connectivity index (χ2v) is 7.99. The number of nitrogens with zero attached hydrogens (tertiary/aromatic N) is 2. The highest BCUT2D eigenvalue weighted by molar-refractivity contribution is 7.92. The maximum absolute atomic E-state index is 12.8. The van der Waals surface area contributed by atoms with Crippen LogP contribution in [0.3, 0.4) is 0 Å². The zero-order chi connectivity index (χ0) is 19.4. The molecule has 0 saturated heterocycles. The summed E-state index contributed by atoms with van der Waals surface area (Å²) in [6.07, 6.45) is 1.52. The van der Waals surface area contributed by atoms with Crippen molar-refractivity contribution in [2.45, 2.75) is 4.90 Å². The van der Waals surface area contributed by atoms with Crippen molar-refractivity contribution in [3.05, 3.63) is 83.6 Å². The molecule has 0 aliphatic carbocycles. The first kappa shape index (κ1) is 18.9. The van der Waals surface area contributed by atoms with Crippen molar-refractivity contribution < 1.29 is 13.2 Å². The Morgan fingerprint density at radius 2 is 1.67 bits per heavy atom. The van der Waals surface area contributed by atoms with E-state index in [1.807, 2.05) is 0 Å². The van der Waals surface area contributed by atoms with Gasteiger partial charge in [0, 0.05) is 18.9 Å². The quantitative estimate of drug-likeness (QED) is 0.705. The molecular weight excluding hydrogens is 386 g/mol. The van der Waals surface area contributed by atoms with Gasteiger partial charge in [-0.1, -0.05) is 29.8 Å². The molecule has 1 heterocycles. The van der Waals surface area contributed by atoms with Crippen LogP contribution in [-0.4, -0.2) is 26.4 Å². The number of para-hydroxylation sites is 1. The van der Waals surface area contributed by atoms with E-state index in [0.29, 0.717) is 16.4 Å². The summed E-state index contributed by atoms with van der Waals surface area (Å²) in [5.41, 5.74) is 1.12. The number of rotatable bonds is 5. The average Bonchev–Trinajstić information content (AvgIpc) is 2.69. The maximum atomic E-state index is 12.8. The van der Waals surface area contributed by atoms with Crippen molar-refractivity contribution in [1.29, 1.82) is 0 Å². The van der Waals surface area contributed by atoms with E-state index in [2.05, 4.69) is 10.3 Å². The maximum Gasteiger partial charge on any atom is 0.274 e. The molecular formula is C19H16ClN3O3S. The number of sulfonamides is 1. The molecule has 1 N–H and O–H groups in total. The summed E-state index contributed by atoms with van der Waals surface area (Å²) >= 11 is 6.09. The predicted molar refractivity (Wildman–Crippen MR) is 106 cm³/mol. The van der Waals surface area contributed by atoms with Crippen molar-refractivity contribution in [1.82, 2.24) is 4.98 Å². The number of hydrogen-bond acceptors (Lipinski definition) is 4. The van der Waals surface area contributed by atoms with Crippen LogP contribution in [0.2, 0.25) is 5.02 Å². The molecule has 3 rings (SSSR count).